The predicted octanol–water partition coefficient (Wildman–Crippen LogP) is 6.93. The van der Waals surface area contributed by atoms with Crippen molar-refractivity contribution in [1.29, 1.82) is 0 Å². The summed E-state index contributed by atoms with van der Waals surface area (Å²) >= 11 is 0. The molecule has 0 aliphatic rings. The Hall–Kier alpha value is -4.31. The molecule has 1 amide bonds. The number of benzene rings is 4. The topological polar surface area (TPSA) is 38.8 Å². The molecule has 0 aromatic heterocycles. The maximum atomic E-state index is 13.3. The van der Waals surface area contributed by atoms with Gasteiger partial charge in [-0.1, -0.05) is 91.0 Å². The van der Waals surface area contributed by atoms with Gasteiger partial charge in [0.05, 0.1) is 12.8 Å². The van der Waals surface area contributed by atoms with Crippen molar-refractivity contribution in [3.63, 3.8) is 0 Å². The smallest absolute Gasteiger partial charge is 0.418 e. The molecule has 4 aromatic carbocycles. The number of nitrogens with zero attached hydrogens (tertiary/aromatic N) is 1. The molecule has 0 saturated heterocycles. The molecule has 0 aliphatic heterocycles. The predicted molar refractivity (Wildman–Crippen MR) is 132 cm³/mol. The lowest BCUT2D eigenvalue weighted by molar-refractivity contribution is 0.149. The first kappa shape index (κ1) is 21.9. The van der Waals surface area contributed by atoms with Gasteiger partial charge < -0.3 is 9.47 Å². The van der Waals surface area contributed by atoms with Gasteiger partial charge in [0.2, 0.25) is 0 Å². The summed E-state index contributed by atoms with van der Waals surface area (Å²) in [5.74, 6) is 0.715. The van der Waals surface area contributed by atoms with Crippen molar-refractivity contribution < 1.29 is 14.3 Å². The van der Waals surface area contributed by atoms with Crippen LogP contribution in [-0.4, -0.2) is 13.2 Å². The second-order valence-electron chi connectivity index (χ2n) is 7.38. The highest BCUT2D eigenvalue weighted by Crippen LogP contribution is 2.28. The van der Waals surface area contributed by atoms with E-state index in [1.54, 1.807) is 7.11 Å². The van der Waals surface area contributed by atoms with E-state index in [0.29, 0.717) is 11.4 Å². The molecule has 0 spiro atoms. The summed E-state index contributed by atoms with van der Waals surface area (Å²) in [4.78, 5) is 14.8. The normalized spacial score (nSPS) is 10.2. The third kappa shape index (κ3) is 5.69. The van der Waals surface area contributed by atoms with Gasteiger partial charge in [0.15, 0.2) is 0 Å². The van der Waals surface area contributed by atoms with Gasteiger partial charge in [0, 0.05) is 11.8 Å². The van der Waals surface area contributed by atoms with Crippen molar-refractivity contribution in [3.8, 4) is 5.75 Å². The number of rotatable bonds is 7. The fourth-order valence-corrected chi connectivity index (χ4v) is 3.44. The zero-order valence-corrected chi connectivity index (χ0v) is 18.4. The van der Waals surface area contributed by atoms with Crippen LogP contribution in [0.3, 0.4) is 0 Å². The number of hydrogen-bond donors (Lipinski definition) is 0. The van der Waals surface area contributed by atoms with E-state index in [4.69, 9.17) is 9.47 Å². The Balaban J connectivity index is 1.74. The Morgan fingerprint density at radius 2 is 1.24 bits per heavy atom. The van der Waals surface area contributed by atoms with Crippen LogP contribution in [0.2, 0.25) is 0 Å². The summed E-state index contributed by atoms with van der Waals surface area (Å²) in [6.07, 6.45) is 1.37. The van der Waals surface area contributed by atoms with E-state index < -0.39 is 6.09 Å². The van der Waals surface area contributed by atoms with Gasteiger partial charge in [0.1, 0.15) is 12.4 Å². The number of methoxy groups -OCH3 is 1. The summed E-state index contributed by atoms with van der Waals surface area (Å²) < 4.78 is 11.0. The molecule has 4 aromatic rings. The van der Waals surface area contributed by atoms with Gasteiger partial charge in [-0.25, -0.2) is 4.79 Å². The van der Waals surface area contributed by atoms with Gasteiger partial charge in [-0.3, -0.25) is 4.90 Å². The van der Waals surface area contributed by atoms with Crippen molar-refractivity contribution in [1.82, 2.24) is 0 Å². The molecule has 0 aliphatic carbocycles. The molecule has 0 radical (unpaired) electrons. The van der Waals surface area contributed by atoms with Crippen LogP contribution in [0.25, 0.3) is 5.57 Å². The van der Waals surface area contributed by atoms with Crippen LogP contribution in [0.5, 0.6) is 5.75 Å². The number of ether oxygens (including phenoxy) is 2. The summed E-state index contributed by atoms with van der Waals surface area (Å²) in [7, 11) is 1.61. The molecule has 0 fully saturated rings. The number of amides is 1. The lowest BCUT2D eigenvalue weighted by Crippen LogP contribution is -2.26. The van der Waals surface area contributed by atoms with Crippen molar-refractivity contribution in [2.75, 3.05) is 12.0 Å². The number of anilines is 1. The molecule has 4 rings (SSSR count). The van der Waals surface area contributed by atoms with Crippen LogP contribution in [0.1, 0.15) is 16.7 Å². The summed E-state index contributed by atoms with van der Waals surface area (Å²) in [5.41, 5.74) is 4.51. The number of carbonyl (C=O) groups is 1. The highest BCUT2D eigenvalue weighted by Gasteiger charge is 2.18. The molecular formula is C29H25NO3. The molecule has 164 valence electrons. The quantitative estimate of drug-likeness (QED) is 0.316. The molecule has 4 heteroatoms. The zero-order valence-electron chi connectivity index (χ0n) is 18.4. The van der Waals surface area contributed by atoms with Crippen molar-refractivity contribution in [2.24, 2.45) is 0 Å². The second kappa shape index (κ2) is 10.8. The molecule has 0 bridgehead atoms. The summed E-state index contributed by atoms with van der Waals surface area (Å²) in [6.45, 7) is 0.187. The van der Waals surface area contributed by atoms with E-state index in [1.165, 1.54) is 4.90 Å². The molecule has 0 saturated carbocycles. The minimum Gasteiger partial charge on any atom is -0.497 e. The monoisotopic (exact) mass is 435 g/mol. The van der Waals surface area contributed by atoms with Crippen LogP contribution in [0, 0.1) is 0 Å². The van der Waals surface area contributed by atoms with Gasteiger partial charge in [-0.15, -0.1) is 0 Å². The lowest BCUT2D eigenvalue weighted by atomic mass is 9.99. The average molecular weight is 436 g/mol. The van der Waals surface area contributed by atoms with Crippen molar-refractivity contribution in [2.45, 2.75) is 6.61 Å². The Labute approximate surface area is 194 Å². The first-order valence-electron chi connectivity index (χ1n) is 10.7. The van der Waals surface area contributed by atoms with E-state index in [1.807, 2.05) is 121 Å². The van der Waals surface area contributed by atoms with Gasteiger partial charge >= 0.3 is 6.09 Å². The molecule has 33 heavy (non-hydrogen) atoms. The minimum absolute atomic E-state index is 0.187. The first-order chi connectivity index (χ1) is 16.2. The maximum absolute atomic E-state index is 13.3. The van der Waals surface area contributed by atoms with Crippen LogP contribution in [-0.2, 0) is 11.3 Å². The Bertz CT molecular complexity index is 1150. The van der Waals surface area contributed by atoms with Gasteiger partial charge in [0.25, 0.3) is 0 Å². The van der Waals surface area contributed by atoms with Crippen LogP contribution in [0.4, 0.5) is 10.5 Å². The molecule has 4 nitrogen and oxygen atoms in total. The van der Waals surface area contributed by atoms with E-state index in [0.717, 1.165) is 22.3 Å². The lowest BCUT2D eigenvalue weighted by Gasteiger charge is -2.21. The number of carbonyl (C=O) groups excluding carboxylic acids is 1. The Kier molecular flexibility index (Phi) is 7.18. The van der Waals surface area contributed by atoms with Crippen LogP contribution < -0.4 is 9.64 Å². The third-order valence-electron chi connectivity index (χ3n) is 5.18. The SMILES string of the molecule is COc1ccc(N(C=C(c2ccccc2)c2ccccc2)C(=O)OCc2ccccc2)cc1. The molecule has 0 N–H and O–H groups in total. The second-order valence-corrected chi connectivity index (χ2v) is 7.38. The Morgan fingerprint density at radius 1 is 0.727 bits per heavy atom. The van der Waals surface area contributed by atoms with Crippen LogP contribution >= 0.6 is 0 Å². The van der Waals surface area contributed by atoms with Crippen molar-refractivity contribution in [3.05, 3.63) is 138 Å². The van der Waals surface area contributed by atoms with E-state index in [2.05, 4.69) is 0 Å². The van der Waals surface area contributed by atoms with Crippen molar-refractivity contribution >= 4 is 17.4 Å². The average Bonchev–Trinajstić information content (AvgIpc) is 2.90. The van der Waals surface area contributed by atoms with Gasteiger partial charge in [-0.2, -0.15) is 0 Å². The molecule has 0 unspecified atom stereocenters. The first-order valence-corrected chi connectivity index (χ1v) is 10.7. The number of hydrogen-bond acceptors (Lipinski definition) is 3. The summed E-state index contributed by atoms with van der Waals surface area (Å²) in [6, 6.07) is 37.0. The van der Waals surface area contributed by atoms with E-state index in [9.17, 15) is 4.79 Å². The van der Waals surface area contributed by atoms with Gasteiger partial charge in [-0.05, 0) is 41.0 Å². The van der Waals surface area contributed by atoms with Crippen LogP contribution in [0.15, 0.2) is 121 Å². The largest absolute Gasteiger partial charge is 0.497 e. The maximum Gasteiger partial charge on any atom is 0.418 e. The molecule has 0 atom stereocenters. The molecule has 0 heterocycles. The fourth-order valence-electron chi connectivity index (χ4n) is 3.44. The van der Waals surface area contributed by atoms with E-state index >= 15 is 0 Å². The molecular weight excluding hydrogens is 410 g/mol. The minimum atomic E-state index is -0.464. The third-order valence-corrected chi connectivity index (χ3v) is 5.18. The standard InChI is InChI=1S/C29H25NO3/c1-32-27-19-17-26(18-20-27)30(29(31)33-22-23-11-5-2-6-12-23)21-28(24-13-7-3-8-14-24)25-15-9-4-10-16-25/h2-21H,22H2,1H3. The zero-order chi connectivity index (χ0) is 22.9. The van der Waals surface area contributed by atoms with E-state index in [-0.39, 0.29) is 6.61 Å². The highest BCUT2D eigenvalue weighted by molar-refractivity contribution is 5.94. The fraction of sp³-hybridized carbons (Fsp3) is 0.0690. The highest BCUT2D eigenvalue weighted by atomic mass is 16.6. The summed E-state index contributed by atoms with van der Waals surface area (Å²) in [5, 5.41) is 0. The Morgan fingerprint density at radius 3 is 1.76 bits per heavy atom.